The van der Waals surface area contributed by atoms with Gasteiger partial charge in [-0.15, -0.1) is 0 Å². The van der Waals surface area contributed by atoms with Crippen molar-refractivity contribution in [3.05, 3.63) is 53.1 Å². The van der Waals surface area contributed by atoms with Crippen molar-refractivity contribution in [2.75, 3.05) is 16.0 Å². The molecule has 2 rings (SSSR count). The number of carbonyl (C=O) groups excluding carboxylic acids is 2. The maximum absolute atomic E-state index is 12.4. The smallest absolute Gasteiger partial charge is 0.246 e. The van der Waals surface area contributed by atoms with Crippen molar-refractivity contribution in [2.24, 2.45) is 0 Å². The van der Waals surface area contributed by atoms with Crippen LogP contribution >= 0.6 is 0 Å². The third-order valence-electron chi connectivity index (χ3n) is 3.96. The fraction of sp³-hybridized carbons (Fsp3) is 0.300. The summed E-state index contributed by atoms with van der Waals surface area (Å²) in [6.45, 7) is 9.17. The van der Waals surface area contributed by atoms with Crippen molar-refractivity contribution >= 4 is 28.9 Å². The Labute approximate surface area is 148 Å². The molecule has 0 saturated heterocycles. The number of hydrogen-bond donors (Lipinski definition) is 3. The molecule has 0 radical (unpaired) electrons. The lowest BCUT2D eigenvalue weighted by Gasteiger charge is -2.18. The first-order valence-electron chi connectivity index (χ1n) is 8.29. The van der Waals surface area contributed by atoms with Crippen molar-refractivity contribution < 1.29 is 9.59 Å². The summed E-state index contributed by atoms with van der Waals surface area (Å²) in [4.78, 5) is 23.6. The third-order valence-corrected chi connectivity index (χ3v) is 3.96. The molecule has 0 aliphatic carbocycles. The quantitative estimate of drug-likeness (QED) is 0.771. The normalized spacial score (nSPS) is 11.6. The summed E-state index contributed by atoms with van der Waals surface area (Å²) in [7, 11) is 0. The van der Waals surface area contributed by atoms with Crippen LogP contribution in [0.5, 0.6) is 0 Å². The number of carbonyl (C=O) groups is 2. The molecule has 0 saturated carbocycles. The second kappa shape index (κ2) is 7.83. The molecule has 0 aliphatic rings. The summed E-state index contributed by atoms with van der Waals surface area (Å²) in [5.74, 6) is -0.206. The molecular weight excluding hydrogens is 314 g/mol. The van der Waals surface area contributed by atoms with Gasteiger partial charge in [-0.3, -0.25) is 9.59 Å². The summed E-state index contributed by atoms with van der Waals surface area (Å²) in [6, 6.07) is 11.2. The summed E-state index contributed by atoms with van der Waals surface area (Å²) >= 11 is 0. The van der Waals surface area contributed by atoms with E-state index in [1.807, 2.05) is 64.1 Å². The van der Waals surface area contributed by atoms with Gasteiger partial charge in [-0.05, 0) is 68.7 Å². The summed E-state index contributed by atoms with van der Waals surface area (Å²) < 4.78 is 0. The number of aryl methyl sites for hydroxylation is 3. The fourth-order valence-electron chi connectivity index (χ4n) is 2.51. The van der Waals surface area contributed by atoms with Crippen LogP contribution in [0.4, 0.5) is 17.1 Å². The number of anilines is 3. The zero-order chi connectivity index (χ0) is 18.6. The summed E-state index contributed by atoms with van der Waals surface area (Å²) in [6.07, 6.45) is 0. The Morgan fingerprint density at radius 3 is 2.24 bits per heavy atom. The van der Waals surface area contributed by atoms with Crippen LogP contribution in [-0.2, 0) is 9.59 Å². The zero-order valence-electron chi connectivity index (χ0n) is 15.4. The van der Waals surface area contributed by atoms with Crippen molar-refractivity contribution in [2.45, 2.75) is 40.7 Å². The zero-order valence-corrected chi connectivity index (χ0v) is 15.4. The molecule has 25 heavy (non-hydrogen) atoms. The maximum atomic E-state index is 12.4. The molecule has 0 bridgehead atoms. The van der Waals surface area contributed by atoms with E-state index in [1.165, 1.54) is 6.92 Å². The molecule has 132 valence electrons. The average molecular weight is 339 g/mol. The van der Waals surface area contributed by atoms with Gasteiger partial charge in [-0.25, -0.2) is 0 Å². The average Bonchev–Trinajstić information content (AvgIpc) is 2.53. The van der Waals surface area contributed by atoms with Crippen LogP contribution in [-0.4, -0.2) is 17.9 Å². The molecule has 5 nitrogen and oxygen atoms in total. The molecule has 0 heterocycles. The predicted octanol–water partition coefficient (Wildman–Crippen LogP) is 4.01. The van der Waals surface area contributed by atoms with Gasteiger partial charge in [-0.1, -0.05) is 12.1 Å². The fourth-order valence-corrected chi connectivity index (χ4v) is 2.51. The van der Waals surface area contributed by atoms with E-state index in [9.17, 15) is 9.59 Å². The van der Waals surface area contributed by atoms with Crippen molar-refractivity contribution in [1.29, 1.82) is 0 Å². The molecule has 0 aromatic heterocycles. The molecule has 0 fully saturated rings. The van der Waals surface area contributed by atoms with Crippen molar-refractivity contribution in [3.8, 4) is 0 Å². The predicted molar refractivity (Wildman–Crippen MR) is 103 cm³/mol. The topological polar surface area (TPSA) is 70.2 Å². The minimum absolute atomic E-state index is 0.0997. The maximum Gasteiger partial charge on any atom is 0.246 e. The van der Waals surface area contributed by atoms with Gasteiger partial charge >= 0.3 is 0 Å². The largest absolute Gasteiger partial charge is 0.374 e. The van der Waals surface area contributed by atoms with Crippen LogP contribution in [0.3, 0.4) is 0 Å². The molecular formula is C20H25N3O2. The van der Waals surface area contributed by atoms with Crippen LogP contribution in [0.15, 0.2) is 36.4 Å². The van der Waals surface area contributed by atoms with E-state index in [-0.39, 0.29) is 11.8 Å². The van der Waals surface area contributed by atoms with Crippen molar-refractivity contribution in [3.63, 3.8) is 0 Å². The number of nitrogens with one attached hydrogen (secondary N) is 3. The third kappa shape index (κ3) is 5.08. The van der Waals surface area contributed by atoms with Gasteiger partial charge in [0.05, 0.1) is 0 Å². The van der Waals surface area contributed by atoms with Gasteiger partial charge in [0.2, 0.25) is 11.8 Å². The van der Waals surface area contributed by atoms with E-state index in [0.717, 1.165) is 33.8 Å². The molecule has 3 N–H and O–H groups in total. The van der Waals surface area contributed by atoms with Gasteiger partial charge in [0.25, 0.3) is 0 Å². The van der Waals surface area contributed by atoms with Crippen LogP contribution < -0.4 is 16.0 Å². The molecule has 1 atom stereocenters. The van der Waals surface area contributed by atoms with Gasteiger partial charge in [-0.2, -0.15) is 0 Å². The highest BCUT2D eigenvalue weighted by Gasteiger charge is 2.14. The first-order valence-corrected chi connectivity index (χ1v) is 8.29. The Morgan fingerprint density at radius 2 is 1.60 bits per heavy atom. The number of benzene rings is 2. The molecule has 2 amide bonds. The molecule has 1 unspecified atom stereocenters. The lowest BCUT2D eigenvalue weighted by molar-refractivity contribution is -0.116. The lowest BCUT2D eigenvalue weighted by atomic mass is 10.1. The van der Waals surface area contributed by atoms with Gasteiger partial charge in [0.1, 0.15) is 6.04 Å². The minimum Gasteiger partial charge on any atom is -0.374 e. The lowest BCUT2D eigenvalue weighted by Crippen LogP contribution is -2.32. The Kier molecular flexibility index (Phi) is 5.80. The van der Waals surface area contributed by atoms with E-state index in [2.05, 4.69) is 16.0 Å². The summed E-state index contributed by atoms with van der Waals surface area (Å²) in [5.41, 5.74) is 5.49. The first kappa shape index (κ1) is 18.5. The summed E-state index contributed by atoms with van der Waals surface area (Å²) in [5, 5.41) is 8.93. The van der Waals surface area contributed by atoms with E-state index < -0.39 is 6.04 Å². The first-order chi connectivity index (χ1) is 11.8. The Morgan fingerprint density at radius 1 is 0.880 bits per heavy atom. The molecule has 0 aliphatic heterocycles. The van der Waals surface area contributed by atoms with Crippen molar-refractivity contribution in [1.82, 2.24) is 0 Å². The van der Waals surface area contributed by atoms with Crippen LogP contribution in [0.25, 0.3) is 0 Å². The van der Waals surface area contributed by atoms with Gasteiger partial charge < -0.3 is 16.0 Å². The van der Waals surface area contributed by atoms with Crippen LogP contribution in [0, 0.1) is 20.8 Å². The van der Waals surface area contributed by atoms with Gasteiger partial charge in [0.15, 0.2) is 0 Å². The Bertz CT molecular complexity index is 800. The highest BCUT2D eigenvalue weighted by molar-refractivity contribution is 5.97. The van der Waals surface area contributed by atoms with Crippen LogP contribution in [0.2, 0.25) is 0 Å². The standard InChI is InChI=1S/C20H25N3O2/c1-12-6-7-13(2)19(10-12)23-20(25)15(4)21-17-8-9-18(14(3)11-17)22-16(5)24/h6-11,15,21H,1-5H3,(H,22,24)(H,23,25). The second-order valence-electron chi connectivity index (χ2n) is 6.38. The molecule has 5 heteroatoms. The Hall–Kier alpha value is -2.82. The number of hydrogen-bond acceptors (Lipinski definition) is 3. The van der Waals surface area contributed by atoms with E-state index in [0.29, 0.717) is 0 Å². The highest BCUT2D eigenvalue weighted by Crippen LogP contribution is 2.21. The monoisotopic (exact) mass is 339 g/mol. The minimum atomic E-state index is -0.397. The van der Waals surface area contributed by atoms with Gasteiger partial charge in [0, 0.05) is 24.0 Å². The molecule has 0 spiro atoms. The van der Waals surface area contributed by atoms with E-state index in [1.54, 1.807) is 0 Å². The second-order valence-corrected chi connectivity index (χ2v) is 6.38. The Balaban J connectivity index is 2.04. The molecule has 2 aromatic carbocycles. The SMILES string of the molecule is CC(=O)Nc1ccc(NC(C)C(=O)Nc2cc(C)ccc2C)cc1C. The van der Waals surface area contributed by atoms with Crippen LogP contribution in [0.1, 0.15) is 30.5 Å². The highest BCUT2D eigenvalue weighted by atomic mass is 16.2. The van der Waals surface area contributed by atoms with E-state index >= 15 is 0 Å². The number of amides is 2. The molecule has 2 aromatic rings. The van der Waals surface area contributed by atoms with E-state index in [4.69, 9.17) is 0 Å². The number of rotatable bonds is 5.